The molecule has 0 spiro atoms. The van der Waals surface area contributed by atoms with Gasteiger partial charge in [-0.3, -0.25) is 10.1 Å². The molecular weight excluding hydrogens is 322 g/mol. The average Bonchev–Trinajstić information content (AvgIpc) is 2.55. The Morgan fingerprint density at radius 1 is 1.26 bits per heavy atom. The first-order valence-corrected chi connectivity index (χ1v) is 6.99. The summed E-state index contributed by atoms with van der Waals surface area (Å²) in [6.45, 7) is 0.311. The summed E-state index contributed by atoms with van der Waals surface area (Å²) in [6.07, 6.45) is 0. The zero-order chi connectivity index (χ0) is 16.8. The number of anilines is 1. The van der Waals surface area contributed by atoms with Crippen LogP contribution in [-0.2, 0) is 6.54 Å². The lowest BCUT2D eigenvalue weighted by Crippen LogP contribution is -2.28. The minimum absolute atomic E-state index is 0.0131. The van der Waals surface area contributed by atoms with Gasteiger partial charge in [0.05, 0.1) is 12.0 Å². The van der Waals surface area contributed by atoms with Crippen LogP contribution in [0.25, 0.3) is 0 Å². The summed E-state index contributed by atoms with van der Waals surface area (Å²) in [5.41, 5.74) is 0.913. The summed E-state index contributed by atoms with van der Waals surface area (Å²) in [7, 11) is 1.58. The number of hydrogen-bond acceptors (Lipinski definition) is 4. The Labute approximate surface area is 137 Å². The first-order valence-electron chi connectivity index (χ1n) is 6.61. The predicted octanol–water partition coefficient (Wildman–Crippen LogP) is 3.58. The van der Waals surface area contributed by atoms with Crippen molar-refractivity contribution in [2.24, 2.45) is 0 Å². The molecule has 0 bridgehead atoms. The molecule has 0 fully saturated rings. The first-order chi connectivity index (χ1) is 11.0. The molecule has 2 rings (SSSR count). The second-order valence-electron chi connectivity index (χ2n) is 4.58. The Kier molecular flexibility index (Phi) is 5.37. The van der Waals surface area contributed by atoms with Crippen LogP contribution in [0.4, 0.5) is 16.2 Å². The van der Waals surface area contributed by atoms with Crippen LogP contribution >= 0.6 is 11.6 Å². The van der Waals surface area contributed by atoms with Crippen LogP contribution < -0.4 is 15.4 Å². The quantitative estimate of drug-likeness (QED) is 0.645. The second kappa shape index (κ2) is 7.46. The summed E-state index contributed by atoms with van der Waals surface area (Å²) in [6, 6.07) is 10.8. The zero-order valence-corrected chi connectivity index (χ0v) is 13.0. The van der Waals surface area contributed by atoms with Crippen LogP contribution in [0.2, 0.25) is 5.02 Å². The molecule has 0 aliphatic rings. The number of hydrogen-bond donors (Lipinski definition) is 2. The van der Waals surface area contributed by atoms with Gasteiger partial charge in [-0.1, -0.05) is 23.7 Å². The topological polar surface area (TPSA) is 93.5 Å². The van der Waals surface area contributed by atoms with Crippen LogP contribution in [0.15, 0.2) is 42.5 Å². The highest BCUT2D eigenvalue weighted by atomic mass is 35.5. The summed E-state index contributed by atoms with van der Waals surface area (Å²) in [5, 5.41) is 16.0. The van der Waals surface area contributed by atoms with Crippen molar-refractivity contribution in [3.8, 4) is 5.75 Å². The number of nitro benzene ring substituents is 1. The summed E-state index contributed by atoms with van der Waals surface area (Å²) >= 11 is 5.71. The number of nitro groups is 1. The number of carbonyl (C=O) groups excluding carboxylic acids is 1. The van der Waals surface area contributed by atoms with E-state index in [0.29, 0.717) is 6.54 Å². The molecule has 8 heteroatoms. The van der Waals surface area contributed by atoms with E-state index in [-0.39, 0.29) is 16.4 Å². The van der Waals surface area contributed by atoms with E-state index in [9.17, 15) is 14.9 Å². The lowest BCUT2D eigenvalue weighted by Gasteiger charge is -2.08. The minimum atomic E-state index is -0.608. The second-order valence-corrected chi connectivity index (χ2v) is 4.99. The van der Waals surface area contributed by atoms with Crippen molar-refractivity contribution >= 4 is 29.0 Å². The number of urea groups is 1. The number of ether oxygens (including phenoxy) is 1. The molecule has 0 heterocycles. The smallest absolute Gasteiger partial charge is 0.319 e. The largest absolute Gasteiger partial charge is 0.497 e. The van der Waals surface area contributed by atoms with Gasteiger partial charge in [0.15, 0.2) is 0 Å². The maximum absolute atomic E-state index is 11.8. The number of benzene rings is 2. The highest BCUT2D eigenvalue weighted by molar-refractivity contribution is 6.32. The van der Waals surface area contributed by atoms with Gasteiger partial charge < -0.3 is 15.4 Å². The molecule has 2 aromatic rings. The van der Waals surface area contributed by atoms with Crippen molar-refractivity contribution in [2.45, 2.75) is 6.54 Å². The maximum Gasteiger partial charge on any atom is 0.319 e. The predicted molar refractivity (Wildman–Crippen MR) is 87.0 cm³/mol. The number of amides is 2. The van der Waals surface area contributed by atoms with E-state index < -0.39 is 11.0 Å². The van der Waals surface area contributed by atoms with Gasteiger partial charge in [0.25, 0.3) is 5.69 Å². The van der Waals surface area contributed by atoms with E-state index in [1.807, 2.05) is 12.1 Å². The lowest BCUT2D eigenvalue weighted by molar-refractivity contribution is -0.384. The number of carbonyl (C=O) groups is 1. The lowest BCUT2D eigenvalue weighted by atomic mass is 10.2. The Morgan fingerprint density at radius 2 is 1.96 bits per heavy atom. The zero-order valence-electron chi connectivity index (χ0n) is 12.2. The molecule has 0 unspecified atom stereocenters. The average molecular weight is 336 g/mol. The highest BCUT2D eigenvalue weighted by Gasteiger charge is 2.13. The van der Waals surface area contributed by atoms with Crippen LogP contribution in [0.1, 0.15) is 5.56 Å². The monoisotopic (exact) mass is 335 g/mol. The molecule has 7 nitrogen and oxygen atoms in total. The molecule has 0 aliphatic heterocycles. The van der Waals surface area contributed by atoms with Crippen molar-refractivity contribution in [3.63, 3.8) is 0 Å². The van der Waals surface area contributed by atoms with Gasteiger partial charge in [-0.2, -0.15) is 0 Å². The summed E-state index contributed by atoms with van der Waals surface area (Å²) in [4.78, 5) is 22.0. The molecule has 2 amide bonds. The van der Waals surface area contributed by atoms with E-state index in [4.69, 9.17) is 16.3 Å². The molecular formula is C15H14ClN3O4. The van der Waals surface area contributed by atoms with Crippen LogP contribution in [-0.4, -0.2) is 18.1 Å². The molecule has 0 aromatic heterocycles. The Hall–Kier alpha value is -2.80. The number of methoxy groups -OCH3 is 1. The number of rotatable bonds is 5. The van der Waals surface area contributed by atoms with Gasteiger partial charge >= 0.3 is 6.03 Å². The molecule has 2 N–H and O–H groups in total. The van der Waals surface area contributed by atoms with E-state index in [1.165, 1.54) is 18.2 Å². The third-order valence-corrected chi connectivity index (χ3v) is 3.33. The fourth-order valence-corrected chi connectivity index (χ4v) is 2.02. The van der Waals surface area contributed by atoms with Crippen LogP contribution in [0.5, 0.6) is 5.75 Å². The summed E-state index contributed by atoms with van der Waals surface area (Å²) < 4.78 is 5.05. The molecule has 0 aliphatic carbocycles. The van der Waals surface area contributed by atoms with Crippen molar-refractivity contribution in [1.82, 2.24) is 5.32 Å². The van der Waals surface area contributed by atoms with Gasteiger partial charge in [-0.05, 0) is 29.8 Å². The molecule has 0 saturated heterocycles. The van der Waals surface area contributed by atoms with Gasteiger partial charge in [0.2, 0.25) is 0 Å². The molecule has 0 saturated carbocycles. The Balaban J connectivity index is 1.94. The number of halogens is 1. The van der Waals surface area contributed by atoms with E-state index >= 15 is 0 Å². The number of nitrogens with zero attached hydrogens (tertiary/aromatic N) is 1. The molecule has 2 aromatic carbocycles. The molecule has 120 valence electrons. The van der Waals surface area contributed by atoms with Crippen LogP contribution in [0.3, 0.4) is 0 Å². The fourth-order valence-electron chi connectivity index (χ4n) is 1.83. The van der Waals surface area contributed by atoms with Crippen molar-refractivity contribution in [2.75, 3.05) is 12.4 Å². The van der Waals surface area contributed by atoms with E-state index in [2.05, 4.69) is 10.6 Å². The van der Waals surface area contributed by atoms with E-state index in [0.717, 1.165) is 11.3 Å². The Morgan fingerprint density at radius 3 is 2.57 bits per heavy atom. The van der Waals surface area contributed by atoms with Gasteiger partial charge in [-0.15, -0.1) is 0 Å². The summed E-state index contributed by atoms with van der Waals surface area (Å²) in [5.74, 6) is 0.728. The van der Waals surface area contributed by atoms with Crippen LogP contribution in [0, 0.1) is 10.1 Å². The van der Waals surface area contributed by atoms with Gasteiger partial charge in [0, 0.05) is 18.3 Å². The van der Waals surface area contributed by atoms with Crippen molar-refractivity contribution in [3.05, 3.63) is 63.2 Å². The van der Waals surface area contributed by atoms with Gasteiger partial charge in [-0.25, -0.2) is 4.79 Å². The highest BCUT2D eigenvalue weighted by Crippen LogP contribution is 2.27. The number of nitrogens with one attached hydrogen (secondary N) is 2. The van der Waals surface area contributed by atoms with Crippen molar-refractivity contribution < 1.29 is 14.5 Å². The third kappa shape index (κ3) is 4.58. The third-order valence-electron chi connectivity index (χ3n) is 3.01. The normalized spacial score (nSPS) is 10.0. The Bertz CT molecular complexity index is 719. The SMILES string of the molecule is COc1ccc(CNC(=O)Nc2ccc(Cl)c([N+](=O)[O-])c2)cc1. The molecule has 0 atom stereocenters. The van der Waals surface area contributed by atoms with E-state index in [1.54, 1.807) is 19.2 Å². The first kappa shape index (κ1) is 16.6. The molecule has 23 heavy (non-hydrogen) atoms. The molecule has 0 radical (unpaired) electrons. The fraction of sp³-hybridized carbons (Fsp3) is 0.133. The maximum atomic E-state index is 11.8. The standard InChI is InChI=1S/C15H14ClN3O4/c1-23-12-5-2-10(3-6-12)9-17-15(20)18-11-4-7-13(16)14(8-11)19(21)22/h2-8H,9H2,1H3,(H2,17,18,20). The van der Waals surface area contributed by atoms with Gasteiger partial charge in [0.1, 0.15) is 10.8 Å². The minimum Gasteiger partial charge on any atom is -0.497 e. The van der Waals surface area contributed by atoms with Crippen molar-refractivity contribution in [1.29, 1.82) is 0 Å².